The first-order chi connectivity index (χ1) is 14.7. The number of nitrogens with zero attached hydrogens (tertiary/aromatic N) is 1. The fraction of sp³-hybridized carbons (Fsp3) is 0.292. The molecular weight excluding hydrogens is 418 g/mol. The SMILES string of the molecule is COc1ccc(-c2cccnc2[C@H](Cc2cc(F)cc(F)c2)CC(C)(C)S(N)=O)cc1. The molecule has 0 aliphatic rings. The molecule has 2 aromatic carbocycles. The van der Waals surface area contributed by atoms with Crippen molar-refractivity contribution in [3.63, 3.8) is 0 Å². The summed E-state index contributed by atoms with van der Waals surface area (Å²) >= 11 is 0. The number of methoxy groups -OCH3 is 1. The van der Waals surface area contributed by atoms with Crippen molar-refractivity contribution >= 4 is 11.0 Å². The minimum atomic E-state index is -1.58. The van der Waals surface area contributed by atoms with Gasteiger partial charge in [0.15, 0.2) is 0 Å². The summed E-state index contributed by atoms with van der Waals surface area (Å²) in [5.41, 5.74) is 3.10. The molecule has 0 bridgehead atoms. The van der Waals surface area contributed by atoms with E-state index in [4.69, 9.17) is 9.88 Å². The second kappa shape index (κ2) is 9.66. The first-order valence-corrected chi connectivity index (χ1v) is 11.1. The second-order valence-corrected chi connectivity index (χ2v) is 9.80. The molecule has 0 radical (unpaired) electrons. The van der Waals surface area contributed by atoms with Crippen LogP contribution in [0.5, 0.6) is 5.75 Å². The average molecular weight is 445 g/mol. The smallest absolute Gasteiger partial charge is 0.126 e. The highest BCUT2D eigenvalue weighted by molar-refractivity contribution is 7.84. The van der Waals surface area contributed by atoms with Crippen LogP contribution in [0.15, 0.2) is 60.8 Å². The van der Waals surface area contributed by atoms with E-state index >= 15 is 0 Å². The van der Waals surface area contributed by atoms with E-state index in [0.29, 0.717) is 18.4 Å². The number of rotatable bonds is 8. The summed E-state index contributed by atoms with van der Waals surface area (Å²) in [5, 5.41) is 5.74. The molecule has 7 heteroatoms. The molecule has 0 aliphatic heterocycles. The fourth-order valence-electron chi connectivity index (χ4n) is 3.71. The predicted molar refractivity (Wildman–Crippen MR) is 120 cm³/mol. The molecule has 31 heavy (non-hydrogen) atoms. The Morgan fingerprint density at radius 3 is 2.32 bits per heavy atom. The summed E-state index contributed by atoms with van der Waals surface area (Å²) in [6.07, 6.45) is 2.44. The van der Waals surface area contributed by atoms with Crippen molar-refractivity contribution < 1.29 is 17.7 Å². The minimum absolute atomic E-state index is 0.262. The maximum atomic E-state index is 13.8. The van der Waals surface area contributed by atoms with Gasteiger partial charge in [0, 0.05) is 23.7 Å². The lowest BCUT2D eigenvalue weighted by molar-refractivity contribution is 0.415. The van der Waals surface area contributed by atoms with E-state index in [2.05, 4.69) is 4.98 Å². The highest BCUT2D eigenvalue weighted by atomic mass is 32.2. The molecule has 164 valence electrons. The van der Waals surface area contributed by atoms with Gasteiger partial charge in [-0.05, 0) is 68.1 Å². The average Bonchev–Trinajstić information content (AvgIpc) is 2.72. The fourth-order valence-corrected chi connectivity index (χ4v) is 4.08. The number of aromatic nitrogens is 1. The molecular formula is C24H26F2N2O2S. The number of hydrogen-bond acceptors (Lipinski definition) is 3. The molecule has 0 saturated carbocycles. The van der Waals surface area contributed by atoms with E-state index in [0.717, 1.165) is 28.6 Å². The second-order valence-electron chi connectivity index (χ2n) is 8.10. The molecule has 4 nitrogen and oxygen atoms in total. The van der Waals surface area contributed by atoms with Gasteiger partial charge in [0.2, 0.25) is 0 Å². The van der Waals surface area contributed by atoms with Crippen molar-refractivity contribution in [2.45, 2.75) is 37.4 Å². The molecule has 0 fully saturated rings. The zero-order valence-electron chi connectivity index (χ0n) is 17.8. The molecule has 2 atom stereocenters. The summed E-state index contributed by atoms with van der Waals surface area (Å²) in [6, 6.07) is 14.9. The van der Waals surface area contributed by atoms with E-state index in [1.54, 1.807) is 13.3 Å². The normalized spacial score (nSPS) is 13.6. The van der Waals surface area contributed by atoms with Gasteiger partial charge in [-0.1, -0.05) is 18.2 Å². The molecule has 3 rings (SSSR count). The zero-order valence-corrected chi connectivity index (χ0v) is 18.6. The zero-order chi connectivity index (χ0) is 22.6. The Labute approximate surface area is 184 Å². The number of benzene rings is 2. The van der Waals surface area contributed by atoms with Crippen LogP contribution >= 0.6 is 0 Å². The predicted octanol–water partition coefficient (Wildman–Crippen LogP) is 5.15. The summed E-state index contributed by atoms with van der Waals surface area (Å²) in [6.45, 7) is 3.64. The lowest BCUT2D eigenvalue weighted by atomic mass is 9.84. The number of nitrogens with two attached hydrogens (primary N) is 1. The summed E-state index contributed by atoms with van der Waals surface area (Å²) in [7, 11) is 0.0199. The Hall–Kier alpha value is -2.64. The monoisotopic (exact) mass is 444 g/mol. The van der Waals surface area contributed by atoms with Crippen LogP contribution in [-0.2, 0) is 17.4 Å². The van der Waals surface area contributed by atoms with Gasteiger partial charge >= 0.3 is 0 Å². The molecule has 0 aliphatic carbocycles. The van der Waals surface area contributed by atoms with E-state index < -0.39 is 27.4 Å². The quantitative estimate of drug-likeness (QED) is 0.522. The van der Waals surface area contributed by atoms with Crippen LogP contribution in [0.4, 0.5) is 8.78 Å². The Morgan fingerprint density at radius 1 is 1.10 bits per heavy atom. The highest BCUT2D eigenvalue weighted by Gasteiger charge is 2.31. The largest absolute Gasteiger partial charge is 0.497 e. The van der Waals surface area contributed by atoms with Gasteiger partial charge in [-0.25, -0.2) is 13.0 Å². The van der Waals surface area contributed by atoms with Crippen molar-refractivity contribution in [1.82, 2.24) is 4.98 Å². The Morgan fingerprint density at radius 2 is 1.74 bits per heavy atom. The Balaban J connectivity index is 2.07. The van der Waals surface area contributed by atoms with Gasteiger partial charge in [-0.3, -0.25) is 10.1 Å². The van der Waals surface area contributed by atoms with Crippen LogP contribution in [0.1, 0.15) is 37.4 Å². The first kappa shape index (κ1) is 23.0. The number of ether oxygens (including phenoxy) is 1. The van der Waals surface area contributed by atoms with Crippen LogP contribution in [0, 0.1) is 11.6 Å². The summed E-state index contributed by atoms with van der Waals surface area (Å²) < 4.78 is 44.3. The molecule has 2 N–H and O–H groups in total. The van der Waals surface area contributed by atoms with E-state index in [1.807, 2.05) is 50.2 Å². The molecule has 1 aromatic heterocycles. The van der Waals surface area contributed by atoms with Crippen molar-refractivity contribution in [3.8, 4) is 16.9 Å². The maximum absolute atomic E-state index is 13.8. The molecule has 0 spiro atoms. The van der Waals surface area contributed by atoms with Crippen molar-refractivity contribution in [2.24, 2.45) is 5.14 Å². The van der Waals surface area contributed by atoms with Crippen LogP contribution < -0.4 is 9.88 Å². The maximum Gasteiger partial charge on any atom is 0.126 e. The van der Waals surface area contributed by atoms with Gasteiger partial charge in [0.1, 0.15) is 17.4 Å². The third-order valence-corrected chi connectivity index (χ3v) is 6.57. The van der Waals surface area contributed by atoms with E-state index in [-0.39, 0.29) is 5.92 Å². The van der Waals surface area contributed by atoms with Crippen LogP contribution in [-0.4, -0.2) is 21.0 Å². The third kappa shape index (κ3) is 5.74. The molecule has 0 amide bonds. The number of hydrogen-bond donors (Lipinski definition) is 1. The third-order valence-electron chi connectivity index (χ3n) is 5.31. The first-order valence-electron chi connectivity index (χ1n) is 9.90. The Bertz CT molecular complexity index is 1050. The summed E-state index contributed by atoms with van der Waals surface area (Å²) in [5.74, 6) is -0.790. The van der Waals surface area contributed by atoms with Gasteiger partial charge in [0.25, 0.3) is 0 Å². The van der Waals surface area contributed by atoms with E-state index in [9.17, 15) is 13.0 Å². The van der Waals surface area contributed by atoms with Crippen LogP contribution in [0.2, 0.25) is 0 Å². The topological polar surface area (TPSA) is 65.2 Å². The van der Waals surface area contributed by atoms with Gasteiger partial charge in [0.05, 0.1) is 28.5 Å². The van der Waals surface area contributed by atoms with E-state index in [1.165, 1.54) is 12.1 Å². The minimum Gasteiger partial charge on any atom is -0.497 e. The molecule has 0 saturated heterocycles. The van der Waals surface area contributed by atoms with Gasteiger partial charge in [-0.15, -0.1) is 0 Å². The van der Waals surface area contributed by atoms with Crippen LogP contribution in [0.25, 0.3) is 11.1 Å². The van der Waals surface area contributed by atoms with Crippen molar-refractivity contribution in [2.75, 3.05) is 7.11 Å². The van der Waals surface area contributed by atoms with Crippen molar-refractivity contribution in [3.05, 3.63) is 83.7 Å². The molecule has 3 aromatic rings. The van der Waals surface area contributed by atoms with Crippen molar-refractivity contribution in [1.29, 1.82) is 0 Å². The lowest BCUT2D eigenvalue weighted by Gasteiger charge is -2.28. The van der Waals surface area contributed by atoms with Crippen LogP contribution in [0.3, 0.4) is 0 Å². The molecule has 1 unspecified atom stereocenters. The number of pyridine rings is 1. The highest BCUT2D eigenvalue weighted by Crippen LogP contribution is 2.36. The standard InChI is InChI=1S/C24H26F2N2O2S/c1-24(2,31(27)29)15-18(11-16-12-19(25)14-20(26)13-16)23-22(5-4-10-28-23)17-6-8-21(30-3)9-7-17/h4-10,12-14,18H,11,15,27H2,1-3H3/t18-,31?/m1/s1. The number of halogens is 2. The van der Waals surface area contributed by atoms with Gasteiger partial charge < -0.3 is 4.74 Å². The Kier molecular flexibility index (Phi) is 7.18. The lowest BCUT2D eigenvalue weighted by Crippen LogP contribution is -2.34. The van der Waals surface area contributed by atoms with Gasteiger partial charge in [-0.2, -0.15) is 0 Å². The molecule has 1 heterocycles. The summed E-state index contributed by atoms with van der Waals surface area (Å²) in [4.78, 5) is 4.62.